The van der Waals surface area contributed by atoms with Gasteiger partial charge in [-0.2, -0.15) is 0 Å². The third-order valence-corrected chi connectivity index (χ3v) is 4.82. The van der Waals surface area contributed by atoms with Gasteiger partial charge in [0.05, 0.1) is 0 Å². The lowest BCUT2D eigenvalue weighted by molar-refractivity contribution is 0.0846. The van der Waals surface area contributed by atoms with Crippen LogP contribution in [0.4, 0.5) is 0 Å². The van der Waals surface area contributed by atoms with E-state index >= 15 is 0 Å². The molecule has 0 aliphatic carbocycles. The van der Waals surface area contributed by atoms with Gasteiger partial charge in [0.2, 0.25) is 0 Å². The molecule has 0 spiro atoms. The third-order valence-electron chi connectivity index (χ3n) is 3.97. The van der Waals surface area contributed by atoms with Gasteiger partial charge in [0.1, 0.15) is 12.4 Å². The molecule has 0 aliphatic rings. The highest BCUT2D eigenvalue weighted by Gasteiger charge is 2.10. The van der Waals surface area contributed by atoms with Gasteiger partial charge < -0.3 is 4.74 Å². The Labute approximate surface area is 162 Å². The summed E-state index contributed by atoms with van der Waals surface area (Å²) in [5.74, 6) is -0.177. The molecule has 2 N–H and O–H groups in total. The number of aryl methyl sites for hydroxylation is 1. The first-order valence-electron chi connectivity index (χ1n) is 8.60. The second-order valence-electron chi connectivity index (χ2n) is 5.85. The summed E-state index contributed by atoms with van der Waals surface area (Å²) in [7, 11) is 0. The molecule has 2 amide bonds. The van der Waals surface area contributed by atoms with Crippen LogP contribution in [-0.2, 0) is 13.0 Å². The highest BCUT2D eigenvalue weighted by molar-refractivity contribution is 7.09. The van der Waals surface area contributed by atoms with Crippen molar-refractivity contribution in [1.82, 2.24) is 10.9 Å². The van der Waals surface area contributed by atoms with Crippen LogP contribution in [0.5, 0.6) is 5.75 Å². The molecular formula is C21H20N2O3S. The number of carbonyl (C=O) groups excluding carboxylic acids is 2. The molecule has 5 nitrogen and oxygen atoms in total. The van der Waals surface area contributed by atoms with Gasteiger partial charge in [-0.25, -0.2) is 0 Å². The Morgan fingerprint density at radius 1 is 0.926 bits per heavy atom. The van der Waals surface area contributed by atoms with E-state index < -0.39 is 5.91 Å². The van der Waals surface area contributed by atoms with Gasteiger partial charge in [0, 0.05) is 16.0 Å². The van der Waals surface area contributed by atoms with Crippen molar-refractivity contribution in [1.29, 1.82) is 0 Å². The van der Waals surface area contributed by atoms with Crippen LogP contribution in [0.15, 0.2) is 66.0 Å². The van der Waals surface area contributed by atoms with Crippen LogP contribution in [0.25, 0.3) is 0 Å². The first-order chi connectivity index (χ1) is 13.2. The lowest BCUT2D eigenvalue weighted by Gasteiger charge is -2.09. The molecule has 0 saturated carbocycles. The zero-order valence-corrected chi connectivity index (χ0v) is 15.7. The summed E-state index contributed by atoms with van der Waals surface area (Å²) in [6.07, 6.45) is 0.906. The molecule has 2 aromatic carbocycles. The zero-order valence-electron chi connectivity index (χ0n) is 14.9. The average molecular weight is 380 g/mol. The van der Waals surface area contributed by atoms with Crippen LogP contribution in [0.3, 0.4) is 0 Å². The summed E-state index contributed by atoms with van der Waals surface area (Å²) in [4.78, 5) is 25.5. The Morgan fingerprint density at radius 3 is 2.33 bits per heavy atom. The highest BCUT2D eigenvalue weighted by atomic mass is 32.1. The molecule has 138 valence electrons. The van der Waals surface area contributed by atoms with Crippen molar-refractivity contribution in [2.75, 3.05) is 0 Å². The molecule has 0 fully saturated rings. The summed E-state index contributed by atoms with van der Waals surface area (Å²) in [6, 6.07) is 18.0. The number of amides is 2. The van der Waals surface area contributed by atoms with Gasteiger partial charge in [-0.15, -0.1) is 11.3 Å². The quantitative estimate of drug-likeness (QED) is 0.636. The largest absolute Gasteiger partial charge is 0.488 e. The lowest BCUT2D eigenvalue weighted by atomic mass is 10.1. The molecule has 0 radical (unpaired) electrons. The normalized spacial score (nSPS) is 10.3. The summed E-state index contributed by atoms with van der Waals surface area (Å²) < 4.78 is 5.70. The van der Waals surface area contributed by atoms with Gasteiger partial charge in [-0.1, -0.05) is 31.2 Å². The van der Waals surface area contributed by atoms with E-state index in [1.54, 1.807) is 47.7 Å². The smallest absolute Gasteiger partial charge is 0.269 e. The molecule has 0 bridgehead atoms. The van der Waals surface area contributed by atoms with E-state index in [0.29, 0.717) is 23.5 Å². The first kappa shape index (κ1) is 18.7. The van der Waals surface area contributed by atoms with Gasteiger partial charge in [0.15, 0.2) is 0 Å². The fraction of sp³-hybridized carbons (Fsp3) is 0.143. The summed E-state index contributed by atoms with van der Waals surface area (Å²) in [5.41, 5.74) is 6.90. The molecule has 0 unspecified atom stereocenters. The Bertz CT molecular complexity index is 905. The van der Waals surface area contributed by atoms with Crippen molar-refractivity contribution < 1.29 is 14.3 Å². The maximum atomic E-state index is 12.3. The van der Waals surface area contributed by atoms with Crippen LogP contribution in [0.1, 0.15) is 38.1 Å². The molecule has 27 heavy (non-hydrogen) atoms. The Hall–Kier alpha value is -3.12. The van der Waals surface area contributed by atoms with Gasteiger partial charge >= 0.3 is 0 Å². The molecule has 1 aromatic heterocycles. The van der Waals surface area contributed by atoms with Crippen LogP contribution in [0, 0.1) is 0 Å². The number of nitrogens with one attached hydrogen (secondary N) is 2. The summed E-state index contributed by atoms with van der Waals surface area (Å²) in [5, 5.41) is 1.99. The fourth-order valence-electron chi connectivity index (χ4n) is 2.43. The van der Waals surface area contributed by atoms with Crippen molar-refractivity contribution in [2.24, 2.45) is 0 Å². The molecule has 1 heterocycles. The van der Waals surface area contributed by atoms with Crippen molar-refractivity contribution in [2.45, 2.75) is 20.0 Å². The first-order valence-corrected chi connectivity index (χ1v) is 9.48. The van der Waals surface area contributed by atoms with Crippen LogP contribution < -0.4 is 15.6 Å². The monoisotopic (exact) mass is 380 g/mol. The number of benzene rings is 2. The van der Waals surface area contributed by atoms with E-state index in [-0.39, 0.29) is 5.91 Å². The minimum atomic E-state index is -0.407. The van der Waals surface area contributed by atoms with E-state index in [1.807, 2.05) is 36.6 Å². The number of hydrogen-bond donors (Lipinski definition) is 2. The summed E-state index contributed by atoms with van der Waals surface area (Å²) in [6.45, 7) is 2.50. The number of carbonyl (C=O) groups is 2. The molecule has 0 atom stereocenters. The highest BCUT2D eigenvalue weighted by Crippen LogP contribution is 2.17. The van der Waals surface area contributed by atoms with Crippen LogP contribution in [-0.4, -0.2) is 11.8 Å². The lowest BCUT2D eigenvalue weighted by Crippen LogP contribution is -2.41. The standard InChI is InChI=1S/C21H20N2O3S/c1-2-15-8-10-16(11-9-15)20(24)22-23-21(25)17-5-3-6-18(13-17)26-14-19-7-4-12-27-19/h3-13H,2,14H2,1H3,(H,22,24)(H,23,25). The topological polar surface area (TPSA) is 67.4 Å². The fourth-order valence-corrected chi connectivity index (χ4v) is 3.04. The number of hydrazine groups is 1. The minimum Gasteiger partial charge on any atom is -0.488 e. The Balaban J connectivity index is 1.55. The molecule has 6 heteroatoms. The van der Waals surface area contributed by atoms with Gasteiger partial charge in [-0.05, 0) is 53.8 Å². The minimum absolute atomic E-state index is 0.365. The second-order valence-corrected chi connectivity index (χ2v) is 6.89. The van der Waals surface area contributed by atoms with Crippen LogP contribution in [0.2, 0.25) is 0 Å². The molecular weight excluding hydrogens is 360 g/mol. The van der Waals surface area contributed by atoms with Crippen molar-refractivity contribution in [3.8, 4) is 5.75 Å². The van der Waals surface area contributed by atoms with E-state index in [9.17, 15) is 9.59 Å². The maximum Gasteiger partial charge on any atom is 0.269 e. The second kappa shape index (κ2) is 9.00. The molecule has 0 aliphatic heterocycles. The van der Waals surface area contributed by atoms with Gasteiger partial charge in [-0.3, -0.25) is 20.4 Å². The van der Waals surface area contributed by atoms with Crippen molar-refractivity contribution >= 4 is 23.2 Å². The predicted octanol–water partition coefficient (Wildman–Crippen LogP) is 3.96. The molecule has 3 aromatic rings. The maximum absolute atomic E-state index is 12.3. The van der Waals surface area contributed by atoms with Gasteiger partial charge in [0.25, 0.3) is 11.8 Å². The SMILES string of the molecule is CCc1ccc(C(=O)NNC(=O)c2cccc(OCc3cccs3)c2)cc1. The number of rotatable bonds is 6. The van der Waals surface area contributed by atoms with Crippen LogP contribution >= 0.6 is 11.3 Å². The summed E-state index contributed by atoms with van der Waals surface area (Å²) >= 11 is 1.61. The van der Waals surface area contributed by atoms with Crippen molar-refractivity contribution in [3.63, 3.8) is 0 Å². The molecule has 3 rings (SSSR count). The number of hydrogen-bond acceptors (Lipinski definition) is 4. The predicted molar refractivity (Wildman–Crippen MR) is 106 cm³/mol. The van der Waals surface area contributed by atoms with E-state index in [2.05, 4.69) is 10.9 Å². The van der Waals surface area contributed by atoms with E-state index in [1.165, 1.54) is 0 Å². The Kier molecular flexibility index (Phi) is 6.22. The van der Waals surface area contributed by atoms with E-state index in [4.69, 9.17) is 4.74 Å². The third kappa shape index (κ3) is 5.18. The number of thiophene rings is 1. The number of ether oxygens (including phenoxy) is 1. The van der Waals surface area contributed by atoms with E-state index in [0.717, 1.165) is 16.9 Å². The zero-order chi connectivity index (χ0) is 19.1. The Morgan fingerprint density at radius 2 is 1.67 bits per heavy atom. The van der Waals surface area contributed by atoms with Crippen molar-refractivity contribution in [3.05, 3.63) is 87.6 Å². The molecule has 0 saturated heterocycles. The average Bonchev–Trinajstić information content (AvgIpc) is 3.24.